The highest BCUT2D eigenvalue weighted by atomic mass is 16.7. The van der Waals surface area contributed by atoms with Crippen LogP contribution in [0.5, 0.6) is 0 Å². The van der Waals surface area contributed by atoms with Crippen molar-refractivity contribution in [3.63, 3.8) is 0 Å². The fourth-order valence-corrected chi connectivity index (χ4v) is 7.22. The summed E-state index contributed by atoms with van der Waals surface area (Å²) >= 11 is 0. The summed E-state index contributed by atoms with van der Waals surface area (Å²) in [5.74, 6) is -0.179. The Labute approximate surface area is 325 Å². The molecule has 1 amide bonds. The Kier molecular flexibility index (Phi) is 33.3. The molecule has 0 saturated carbocycles. The number of allylic oxidation sites excluding steroid dienone is 2. The highest BCUT2D eigenvalue weighted by Gasteiger charge is 2.44. The number of hydrogen-bond donors (Lipinski definition) is 6. The number of carbonyl (C=O) groups excluding carboxylic acids is 1. The van der Waals surface area contributed by atoms with E-state index in [0.29, 0.717) is 19.3 Å². The van der Waals surface area contributed by atoms with Crippen LogP contribution in [0.4, 0.5) is 0 Å². The van der Waals surface area contributed by atoms with E-state index >= 15 is 0 Å². The Hall–Kier alpha value is -1.07. The van der Waals surface area contributed by atoms with E-state index in [4.69, 9.17) is 9.47 Å². The Morgan fingerprint density at radius 1 is 0.623 bits per heavy atom. The number of hydrogen-bond acceptors (Lipinski definition) is 8. The van der Waals surface area contributed by atoms with Crippen LogP contribution < -0.4 is 5.32 Å². The molecule has 7 atom stereocenters. The summed E-state index contributed by atoms with van der Waals surface area (Å²) in [5, 5.41) is 54.1. The van der Waals surface area contributed by atoms with E-state index < -0.39 is 49.5 Å². The largest absolute Gasteiger partial charge is 0.394 e. The van der Waals surface area contributed by atoms with Gasteiger partial charge in [-0.2, -0.15) is 0 Å². The first-order chi connectivity index (χ1) is 25.8. The van der Waals surface area contributed by atoms with Crippen LogP contribution in [0.25, 0.3) is 0 Å². The second-order valence-corrected chi connectivity index (χ2v) is 15.8. The molecule has 7 unspecified atom stereocenters. The van der Waals surface area contributed by atoms with Crippen LogP contribution in [0, 0.1) is 0 Å². The highest BCUT2D eigenvalue weighted by Crippen LogP contribution is 2.23. The molecule has 1 saturated heterocycles. The van der Waals surface area contributed by atoms with Crippen molar-refractivity contribution in [2.24, 2.45) is 0 Å². The van der Waals surface area contributed by atoms with Gasteiger partial charge in [0.15, 0.2) is 6.29 Å². The first-order valence-electron chi connectivity index (χ1n) is 22.4. The summed E-state index contributed by atoms with van der Waals surface area (Å²) in [4.78, 5) is 12.9. The molecule has 0 bridgehead atoms. The molecule has 0 aromatic heterocycles. The molecular formula is C44H85NO8. The van der Waals surface area contributed by atoms with Crippen LogP contribution in [0.1, 0.15) is 206 Å². The molecule has 1 rings (SSSR count). The lowest BCUT2D eigenvalue weighted by Crippen LogP contribution is -2.60. The third-order valence-electron chi connectivity index (χ3n) is 10.9. The Morgan fingerprint density at radius 2 is 1.06 bits per heavy atom. The number of ether oxygens (including phenoxy) is 2. The summed E-state index contributed by atoms with van der Waals surface area (Å²) in [6, 6.07) is -0.728. The first-order valence-corrected chi connectivity index (χ1v) is 22.4. The van der Waals surface area contributed by atoms with E-state index in [2.05, 4.69) is 31.3 Å². The molecule has 53 heavy (non-hydrogen) atoms. The maximum Gasteiger partial charge on any atom is 0.220 e. The van der Waals surface area contributed by atoms with Gasteiger partial charge < -0.3 is 40.3 Å². The van der Waals surface area contributed by atoms with Gasteiger partial charge in [-0.25, -0.2) is 0 Å². The van der Waals surface area contributed by atoms with Gasteiger partial charge >= 0.3 is 0 Å². The van der Waals surface area contributed by atoms with Crippen molar-refractivity contribution in [3.05, 3.63) is 12.2 Å². The normalized spacial score (nSPS) is 21.7. The molecule has 1 fully saturated rings. The lowest BCUT2D eigenvalue weighted by molar-refractivity contribution is -0.302. The van der Waals surface area contributed by atoms with Crippen LogP contribution in [-0.4, -0.2) is 87.5 Å². The van der Waals surface area contributed by atoms with Gasteiger partial charge in [-0.1, -0.05) is 180 Å². The van der Waals surface area contributed by atoms with Crippen molar-refractivity contribution in [1.82, 2.24) is 5.32 Å². The molecule has 9 heteroatoms. The van der Waals surface area contributed by atoms with Gasteiger partial charge in [-0.3, -0.25) is 4.79 Å². The zero-order valence-corrected chi connectivity index (χ0v) is 34.3. The van der Waals surface area contributed by atoms with Crippen molar-refractivity contribution in [2.45, 2.75) is 249 Å². The third kappa shape index (κ3) is 26.4. The molecule has 0 spiro atoms. The molecule has 314 valence electrons. The maximum absolute atomic E-state index is 12.9. The van der Waals surface area contributed by atoms with Gasteiger partial charge in [-0.05, 0) is 32.1 Å². The van der Waals surface area contributed by atoms with Crippen molar-refractivity contribution < 1.29 is 39.8 Å². The van der Waals surface area contributed by atoms with E-state index in [-0.39, 0.29) is 12.5 Å². The number of aliphatic hydroxyl groups is 5. The molecule has 6 N–H and O–H groups in total. The van der Waals surface area contributed by atoms with Gasteiger partial charge in [0.1, 0.15) is 24.4 Å². The lowest BCUT2D eigenvalue weighted by atomic mass is 9.99. The van der Waals surface area contributed by atoms with Gasteiger partial charge in [-0.15, -0.1) is 0 Å². The first kappa shape index (κ1) is 49.9. The standard InChI is InChI=1S/C44H85NO8/c1-3-5-7-9-11-13-14-15-16-17-18-19-20-21-22-23-24-26-27-29-31-33-38(47)37(36-52-44-43(51)42(50)41(49)39(35-46)53-44)45-40(48)34-32-30-28-25-12-10-8-6-4-2/h25,28,37-39,41-44,46-47,49-51H,3-24,26-27,29-36H2,1-2H3,(H,45,48)/b28-25-. The SMILES string of the molecule is CCCCCC/C=C\CCCC(=O)NC(COC1OC(CO)C(O)C(O)C1O)C(O)CCCCCCCCCCCCCCCCCCCCCCC. The minimum atomic E-state index is -1.55. The van der Waals surface area contributed by atoms with Crippen LogP contribution in [0.3, 0.4) is 0 Å². The highest BCUT2D eigenvalue weighted by molar-refractivity contribution is 5.76. The number of unbranched alkanes of at least 4 members (excludes halogenated alkanes) is 25. The van der Waals surface area contributed by atoms with Crippen molar-refractivity contribution in [2.75, 3.05) is 13.2 Å². The zero-order chi connectivity index (χ0) is 38.8. The molecule has 1 heterocycles. The van der Waals surface area contributed by atoms with Gasteiger partial charge in [0.2, 0.25) is 5.91 Å². The van der Waals surface area contributed by atoms with E-state index in [9.17, 15) is 30.3 Å². The fraction of sp³-hybridized carbons (Fsp3) is 0.932. The average molecular weight is 756 g/mol. The number of nitrogens with one attached hydrogen (secondary N) is 1. The molecule has 0 aromatic rings. The van der Waals surface area contributed by atoms with Gasteiger partial charge in [0.25, 0.3) is 0 Å². The molecule has 1 aliphatic rings. The van der Waals surface area contributed by atoms with Crippen LogP contribution in [-0.2, 0) is 14.3 Å². The minimum absolute atomic E-state index is 0.146. The number of aliphatic hydroxyl groups excluding tert-OH is 5. The summed E-state index contributed by atoms with van der Waals surface area (Å²) in [6.07, 6.45) is 32.4. The Balaban J connectivity index is 2.27. The lowest BCUT2D eigenvalue weighted by Gasteiger charge is -2.40. The average Bonchev–Trinajstić information content (AvgIpc) is 3.16. The quantitative estimate of drug-likeness (QED) is 0.0272. The van der Waals surface area contributed by atoms with Crippen molar-refractivity contribution >= 4 is 5.91 Å². The molecule has 0 aromatic carbocycles. The maximum atomic E-state index is 12.9. The minimum Gasteiger partial charge on any atom is -0.394 e. The second kappa shape index (κ2) is 35.4. The Bertz CT molecular complexity index is 842. The van der Waals surface area contributed by atoms with E-state index in [1.165, 1.54) is 141 Å². The van der Waals surface area contributed by atoms with Gasteiger partial charge in [0.05, 0.1) is 25.4 Å². The smallest absolute Gasteiger partial charge is 0.220 e. The topological polar surface area (TPSA) is 149 Å². The fourth-order valence-electron chi connectivity index (χ4n) is 7.22. The predicted molar refractivity (Wildman–Crippen MR) is 217 cm³/mol. The van der Waals surface area contributed by atoms with Crippen molar-refractivity contribution in [1.29, 1.82) is 0 Å². The van der Waals surface area contributed by atoms with E-state index in [0.717, 1.165) is 32.1 Å². The van der Waals surface area contributed by atoms with E-state index in [1.807, 2.05) is 0 Å². The van der Waals surface area contributed by atoms with Crippen LogP contribution >= 0.6 is 0 Å². The molecule has 1 aliphatic heterocycles. The zero-order valence-electron chi connectivity index (χ0n) is 34.3. The van der Waals surface area contributed by atoms with Crippen LogP contribution in [0.2, 0.25) is 0 Å². The van der Waals surface area contributed by atoms with Gasteiger partial charge in [0, 0.05) is 6.42 Å². The summed E-state index contributed by atoms with van der Waals surface area (Å²) < 4.78 is 11.2. The number of amides is 1. The molecule has 0 aliphatic carbocycles. The second-order valence-electron chi connectivity index (χ2n) is 15.8. The number of carbonyl (C=O) groups is 1. The predicted octanol–water partition coefficient (Wildman–Crippen LogP) is 8.95. The summed E-state index contributed by atoms with van der Waals surface area (Å²) in [7, 11) is 0. The Morgan fingerprint density at radius 3 is 1.53 bits per heavy atom. The summed E-state index contributed by atoms with van der Waals surface area (Å²) in [5.41, 5.74) is 0. The summed E-state index contributed by atoms with van der Waals surface area (Å²) in [6.45, 7) is 3.78. The van der Waals surface area contributed by atoms with Crippen molar-refractivity contribution in [3.8, 4) is 0 Å². The van der Waals surface area contributed by atoms with E-state index in [1.54, 1.807) is 0 Å². The third-order valence-corrected chi connectivity index (χ3v) is 10.9. The molecule has 9 nitrogen and oxygen atoms in total. The van der Waals surface area contributed by atoms with Crippen LogP contribution in [0.15, 0.2) is 12.2 Å². The molecule has 0 radical (unpaired) electrons. The molecular weight excluding hydrogens is 670 g/mol. The number of rotatable bonds is 37. The monoisotopic (exact) mass is 756 g/mol.